The molecule has 1 aromatic carbocycles. The van der Waals surface area contributed by atoms with Crippen LogP contribution in [0.25, 0.3) is 0 Å². The van der Waals surface area contributed by atoms with E-state index >= 15 is 0 Å². The van der Waals surface area contributed by atoms with Gasteiger partial charge in [0.15, 0.2) is 5.12 Å². The van der Waals surface area contributed by atoms with E-state index in [0.29, 0.717) is 25.3 Å². The second-order valence-electron chi connectivity index (χ2n) is 7.40. The van der Waals surface area contributed by atoms with E-state index in [1.165, 1.54) is 11.8 Å². The van der Waals surface area contributed by atoms with Crippen LogP contribution in [0.15, 0.2) is 24.3 Å². The molecule has 2 amide bonds. The van der Waals surface area contributed by atoms with Gasteiger partial charge < -0.3 is 15.0 Å². The molecule has 0 spiro atoms. The lowest BCUT2D eigenvalue weighted by atomic mass is 10.1. The summed E-state index contributed by atoms with van der Waals surface area (Å²) in [7, 11) is 0. The Morgan fingerprint density at radius 2 is 2.08 bits per heavy atom. The van der Waals surface area contributed by atoms with Gasteiger partial charge in [-0.15, -0.1) is 0 Å². The number of carbonyl (C=O) groups is 3. The molecular formula is C19H26N2O4S. The van der Waals surface area contributed by atoms with Gasteiger partial charge in [-0.3, -0.25) is 9.59 Å². The maximum atomic E-state index is 12.3. The lowest BCUT2D eigenvalue weighted by molar-refractivity contribution is -0.117. The number of benzene rings is 1. The molecule has 1 N–H and O–H groups in total. The highest BCUT2D eigenvalue weighted by atomic mass is 32.2. The van der Waals surface area contributed by atoms with Crippen molar-refractivity contribution in [2.45, 2.75) is 46.3 Å². The molecule has 1 saturated heterocycles. The number of nitrogens with zero attached hydrogens (tertiary/aromatic N) is 1. The maximum Gasteiger partial charge on any atom is 0.407 e. The molecule has 26 heavy (non-hydrogen) atoms. The summed E-state index contributed by atoms with van der Waals surface area (Å²) in [6.07, 6.45) is -0.0119. The molecular weight excluding hydrogens is 352 g/mol. The predicted octanol–water partition coefficient (Wildman–Crippen LogP) is 3.34. The van der Waals surface area contributed by atoms with Gasteiger partial charge in [0.25, 0.3) is 0 Å². The molecule has 142 valence electrons. The van der Waals surface area contributed by atoms with Gasteiger partial charge in [0.1, 0.15) is 5.60 Å². The van der Waals surface area contributed by atoms with Gasteiger partial charge in [-0.2, -0.15) is 0 Å². The number of nitrogens with one attached hydrogen (secondary N) is 1. The van der Waals surface area contributed by atoms with Crippen molar-refractivity contribution in [3.05, 3.63) is 29.8 Å². The van der Waals surface area contributed by atoms with Crippen LogP contribution in [0.5, 0.6) is 0 Å². The van der Waals surface area contributed by atoms with Crippen LogP contribution in [-0.4, -0.2) is 35.0 Å². The van der Waals surface area contributed by atoms with Crippen LogP contribution in [0, 0.1) is 5.92 Å². The Morgan fingerprint density at radius 3 is 2.73 bits per heavy atom. The normalized spacial score (nSPS) is 17.3. The molecule has 1 fully saturated rings. The molecule has 0 saturated carbocycles. The van der Waals surface area contributed by atoms with E-state index in [9.17, 15) is 14.4 Å². The van der Waals surface area contributed by atoms with Crippen molar-refractivity contribution in [3.63, 3.8) is 0 Å². The zero-order valence-electron chi connectivity index (χ0n) is 15.7. The lowest BCUT2D eigenvalue weighted by Gasteiger charge is -2.20. The number of hydrogen-bond acceptors (Lipinski definition) is 5. The number of ether oxygens (including phenoxy) is 1. The maximum absolute atomic E-state index is 12.3. The van der Waals surface area contributed by atoms with Crippen LogP contribution in [0.2, 0.25) is 0 Å². The van der Waals surface area contributed by atoms with Crippen LogP contribution in [-0.2, 0) is 20.9 Å². The summed E-state index contributed by atoms with van der Waals surface area (Å²) in [5, 5.41) is 2.80. The van der Waals surface area contributed by atoms with E-state index in [2.05, 4.69) is 5.32 Å². The van der Waals surface area contributed by atoms with Crippen LogP contribution in [0.1, 0.15) is 39.7 Å². The number of amides is 2. The highest BCUT2D eigenvalue weighted by Gasteiger charge is 2.30. The van der Waals surface area contributed by atoms with Crippen molar-refractivity contribution in [2.24, 2.45) is 5.92 Å². The number of carbonyl (C=O) groups excluding carboxylic acids is 3. The number of thioether (sulfide) groups is 1. The van der Waals surface area contributed by atoms with Crippen molar-refractivity contribution < 1.29 is 19.1 Å². The Morgan fingerprint density at radius 1 is 1.35 bits per heavy atom. The molecule has 1 atom stereocenters. The first-order valence-corrected chi connectivity index (χ1v) is 9.62. The Labute approximate surface area is 158 Å². The zero-order valence-corrected chi connectivity index (χ0v) is 16.5. The van der Waals surface area contributed by atoms with E-state index in [-0.39, 0.29) is 16.9 Å². The summed E-state index contributed by atoms with van der Waals surface area (Å²) in [5.41, 5.74) is 1.16. The Hall–Kier alpha value is -2.02. The third-order valence-corrected chi connectivity index (χ3v) is 4.83. The second-order valence-corrected chi connectivity index (χ2v) is 8.60. The molecule has 6 nitrogen and oxygen atoms in total. The quantitative estimate of drug-likeness (QED) is 0.850. The summed E-state index contributed by atoms with van der Waals surface area (Å²) in [4.78, 5) is 36.9. The molecule has 7 heteroatoms. The Balaban J connectivity index is 1.95. The third-order valence-electron chi connectivity index (χ3n) is 3.79. The molecule has 1 heterocycles. The molecule has 1 aliphatic rings. The fourth-order valence-electron chi connectivity index (χ4n) is 2.70. The summed E-state index contributed by atoms with van der Waals surface area (Å²) >= 11 is 1.27. The summed E-state index contributed by atoms with van der Waals surface area (Å²) in [6.45, 7) is 7.92. The van der Waals surface area contributed by atoms with E-state index < -0.39 is 11.7 Å². The van der Waals surface area contributed by atoms with Crippen molar-refractivity contribution in [1.82, 2.24) is 5.32 Å². The average Bonchev–Trinajstić information content (AvgIpc) is 2.91. The monoisotopic (exact) mass is 378 g/mol. The highest BCUT2D eigenvalue weighted by Crippen LogP contribution is 2.28. The smallest absolute Gasteiger partial charge is 0.407 e. The van der Waals surface area contributed by atoms with Gasteiger partial charge in [-0.1, -0.05) is 23.9 Å². The fraction of sp³-hybridized carbons (Fsp3) is 0.526. The minimum absolute atomic E-state index is 0.0661. The Bertz CT molecular complexity index is 684. The third kappa shape index (κ3) is 6.37. The van der Waals surface area contributed by atoms with Crippen molar-refractivity contribution >= 4 is 34.6 Å². The Kier molecular flexibility index (Phi) is 6.69. The van der Waals surface area contributed by atoms with Crippen LogP contribution >= 0.6 is 11.8 Å². The van der Waals surface area contributed by atoms with Gasteiger partial charge in [0.2, 0.25) is 5.91 Å². The van der Waals surface area contributed by atoms with Crippen LogP contribution < -0.4 is 10.2 Å². The number of rotatable bonds is 5. The van der Waals surface area contributed by atoms with Gasteiger partial charge >= 0.3 is 6.09 Å². The van der Waals surface area contributed by atoms with Gasteiger partial charge in [-0.05, 0) is 44.4 Å². The number of anilines is 1. The topological polar surface area (TPSA) is 75.7 Å². The van der Waals surface area contributed by atoms with E-state index in [4.69, 9.17) is 4.74 Å². The molecule has 0 radical (unpaired) electrons. The van der Waals surface area contributed by atoms with E-state index in [1.807, 2.05) is 45.0 Å². The molecule has 0 aromatic heterocycles. The molecule has 2 rings (SSSR count). The predicted molar refractivity (Wildman–Crippen MR) is 103 cm³/mol. The van der Waals surface area contributed by atoms with Gasteiger partial charge in [0.05, 0.1) is 0 Å². The minimum atomic E-state index is -0.541. The first-order chi connectivity index (χ1) is 12.1. The first kappa shape index (κ1) is 20.3. The van der Waals surface area contributed by atoms with Crippen LogP contribution in [0.4, 0.5) is 10.5 Å². The minimum Gasteiger partial charge on any atom is -0.444 e. The molecule has 1 unspecified atom stereocenters. The lowest BCUT2D eigenvalue weighted by Crippen LogP contribution is -2.32. The van der Waals surface area contributed by atoms with Crippen molar-refractivity contribution in [1.29, 1.82) is 0 Å². The van der Waals surface area contributed by atoms with E-state index in [0.717, 1.165) is 11.3 Å². The first-order valence-electron chi connectivity index (χ1n) is 8.63. The highest BCUT2D eigenvalue weighted by molar-refractivity contribution is 8.13. The molecule has 1 aromatic rings. The summed E-state index contributed by atoms with van der Waals surface area (Å²) in [6, 6.07) is 7.54. The zero-order chi connectivity index (χ0) is 19.3. The molecule has 0 aliphatic carbocycles. The SMILES string of the molecule is CC(=O)SCC1CC(=O)N(c2cccc(CNC(=O)OC(C)(C)C)c2)C1. The van der Waals surface area contributed by atoms with Crippen molar-refractivity contribution in [2.75, 3.05) is 17.2 Å². The number of alkyl carbamates (subject to hydrolysis) is 1. The van der Waals surface area contributed by atoms with Gasteiger partial charge in [0, 0.05) is 37.9 Å². The number of hydrogen-bond donors (Lipinski definition) is 1. The van der Waals surface area contributed by atoms with Gasteiger partial charge in [-0.25, -0.2) is 4.79 Å². The summed E-state index contributed by atoms with van der Waals surface area (Å²) in [5.74, 6) is 0.911. The standard InChI is InChI=1S/C19H26N2O4S/c1-13(22)26-12-15-9-17(23)21(11-15)16-7-5-6-14(8-16)10-20-18(24)25-19(2,3)4/h5-8,15H,9-12H2,1-4H3,(H,20,24). The van der Waals surface area contributed by atoms with E-state index in [1.54, 1.807) is 11.8 Å². The fourth-order valence-corrected chi connectivity index (χ4v) is 3.39. The van der Waals surface area contributed by atoms with Crippen molar-refractivity contribution in [3.8, 4) is 0 Å². The average molecular weight is 378 g/mol. The molecule has 1 aliphatic heterocycles. The largest absolute Gasteiger partial charge is 0.444 e. The summed E-state index contributed by atoms with van der Waals surface area (Å²) < 4.78 is 5.22. The van der Waals surface area contributed by atoms with Crippen LogP contribution in [0.3, 0.4) is 0 Å². The molecule has 0 bridgehead atoms. The second kappa shape index (κ2) is 8.58.